The van der Waals surface area contributed by atoms with Gasteiger partial charge in [-0.15, -0.1) is 0 Å². The van der Waals surface area contributed by atoms with E-state index in [1.807, 2.05) is 6.92 Å². The van der Waals surface area contributed by atoms with Crippen LogP contribution in [-0.2, 0) is 16.0 Å². The molecule has 2 nitrogen and oxygen atoms in total. The number of rotatable bonds is 3. The molecule has 4 heteroatoms. The summed E-state index contributed by atoms with van der Waals surface area (Å²) in [5.74, 6) is -0.309. The molecule has 1 saturated heterocycles. The molecule has 0 spiro atoms. The number of benzene rings is 1. The van der Waals surface area contributed by atoms with Crippen molar-refractivity contribution in [2.24, 2.45) is 0 Å². The maximum absolute atomic E-state index is 13.3. The minimum Gasteiger partial charge on any atom is -0.367 e. The van der Waals surface area contributed by atoms with Crippen LogP contribution in [0.4, 0.5) is 4.39 Å². The Hall–Kier alpha value is -0.740. The van der Waals surface area contributed by atoms with Crippen LogP contribution in [0.15, 0.2) is 22.7 Å². The van der Waals surface area contributed by atoms with Gasteiger partial charge < -0.3 is 4.74 Å². The highest BCUT2D eigenvalue weighted by atomic mass is 79.9. The van der Waals surface area contributed by atoms with Gasteiger partial charge in [0.2, 0.25) is 0 Å². The van der Waals surface area contributed by atoms with Crippen molar-refractivity contribution in [2.75, 3.05) is 0 Å². The minimum absolute atomic E-state index is 0.0284. The lowest BCUT2D eigenvalue weighted by Crippen LogP contribution is -2.22. The third-order valence-corrected chi connectivity index (χ3v) is 3.88. The van der Waals surface area contributed by atoms with Gasteiger partial charge in [-0.3, -0.25) is 4.79 Å². The number of halogens is 2. The molecule has 1 aromatic rings. The van der Waals surface area contributed by atoms with Gasteiger partial charge in [0.15, 0.2) is 5.78 Å². The highest BCUT2D eigenvalue weighted by Gasteiger charge is 2.28. The molecule has 2 rings (SSSR count). The molecule has 0 bridgehead atoms. The van der Waals surface area contributed by atoms with E-state index in [2.05, 4.69) is 15.9 Å². The van der Waals surface area contributed by atoms with E-state index < -0.39 is 0 Å². The number of hydrogen-bond donors (Lipinski definition) is 0. The second-order valence-electron chi connectivity index (χ2n) is 4.37. The fraction of sp³-hybridized carbons (Fsp3) is 0.462. The van der Waals surface area contributed by atoms with Crippen molar-refractivity contribution in [1.29, 1.82) is 0 Å². The van der Waals surface area contributed by atoms with Crippen molar-refractivity contribution in [1.82, 2.24) is 0 Å². The Kier molecular flexibility index (Phi) is 3.94. The standard InChI is InChI=1S/C13H14BrFO2/c1-8-5-6-12(17-8)11(16)7-9-3-2-4-10(15)13(9)14/h2-4,8,12H,5-7H2,1H3. The van der Waals surface area contributed by atoms with Gasteiger partial charge >= 0.3 is 0 Å². The van der Waals surface area contributed by atoms with Gasteiger partial charge in [-0.25, -0.2) is 4.39 Å². The third kappa shape index (κ3) is 2.93. The average Bonchev–Trinajstić information content (AvgIpc) is 2.72. The van der Waals surface area contributed by atoms with E-state index in [0.29, 0.717) is 10.0 Å². The van der Waals surface area contributed by atoms with Crippen LogP contribution in [0.5, 0.6) is 0 Å². The van der Waals surface area contributed by atoms with Crippen molar-refractivity contribution in [2.45, 2.75) is 38.4 Å². The Balaban J connectivity index is 2.06. The molecule has 1 aromatic carbocycles. The Morgan fingerprint density at radius 1 is 1.53 bits per heavy atom. The fourth-order valence-electron chi connectivity index (χ4n) is 2.03. The quantitative estimate of drug-likeness (QED) is 0.856. The van der Waals surface area contributed by atoms with Crippen molar-refractivity contribution < 1.29 is 13.9 Å². The van der Waals surface area contributed by atoms with Gasteiger partial charge in [0.25, 0.3) is 0 Å². The number of ketones is 1. The van der Waals surface area contributed by atoms with Crippen LogP contribution in [-0.4, -0.2) is 18.0 Å². The van der Waals surface area contributed by atoms with Gasteiger partial charge in [0.05, 0.1) is 10.6 Å². The summed E-state index contributed by atoms with van der Waals surface area (Å²) in [6, 6.07) is 4.73. The van der Waals surface area contributed by atoms with E-state index in [4.69, 9.17) is 4.74 Å². The number of hydrogen-bond acceptors (Lipinski definition) is 2. The lowest BCUT2D eigenvalue weighted by atomic mass is 10.0. The molecule has 92 valence electrons. The molecule has 17 heavy (non-hydrogen) atoms. The largest absolute Gasteiger partial charge is 0.367 e. The summed E-state index contributed by atoms with van der Waals surface area (Å²) in [7, 11) is 0. The van der Waals surface area contributed by atoms with Crippen LogP contribution in [0.2, 0.25) is 0 Å². The van der Waals surface area contributed by atoms with Crippen LogP contribution in [0.3, 0.4) is 0 Å². The van der Waals surface area contributed by atoms with Gasteiger partial charge in [0, 0.05) is 6.42 Å². The van der Waals surface area contributed by atoms with Crippen molar-refractivity contribution in [3.63, 3.8) is 0 Å². The first-order valence-corrected chi connectivity index (χ1v) is 6.48. The minimum atomic E-state index is -0.337. The van der Waals surface area contributed by atoms with Gasteiger partial charge in [-0.1, -0.05) is 12.1 Å². The summed E-state index contributed by atoms with van der Waals surface area (Å²) in [5, 5.41) is 0. The lowest BCUT2D eigenvalue weighted by Gasteiger charge is -2.11. The Morgan fingerprint density at radius 3 is 2.94 bits per heavy atom. The monoisotopic (exact) mass is 300 g/mol. The first kappa shape index (κ1) is 12.7. The predicted octanol–water partition coefficient (Wildman–Crippen LogP) is 3.27. The SMILES string of the molecule is CC1CCC(C(=O)Cc2cccc(F)c2Br)O1. The van der Waals surface area contributed by atoms with Gasteiger partial charge in [-0.05, 0) is 47.3 Å². The van der Waals surface area contributed by atoms with Crippen LogP contribution < -0.4 is 0 Å². The Morgan fingerprint density at radius 2 is 2.29 bits per heavy atom. The summed E-state index contributed by atoms with van der Waals surface area (Å²) in [6.07, 6.45) is 1.74. The molecule has 2 unspecified atom stereocenters. The van der Waals surface area contributed by atoms with E-state index in [1.54, 1.807) is 12.1 Å². The van der Waals surface area contributed by atoms with Crippen molar-refractivity contribution in [3.8, 4) is 0 Å². The zero-order valence-corrected chi connectivity index (χ0v) is 11.2. The second-order valence-corrected chi connectivity index (χ2v) is 5.16. The Labute approximate surface area is 108 Å². The van der Waals surface area contributed by atoms with E-state index in [9.17, 15) is 9.18 Å². The molecular formula is C13H14BrFO2. The number of Topliss-reactive ketones (excluding diaryl/α,β-unsaturated/α-hetero) is 1. The molecule has 0 amide bonds. The van der Waals surface area contributed by atoms with Crippen molar-refractivity contribution in [3.05, 3.63) is 34.1 Å². The van der Waals surface area contributed by atoms with E-state index in [-0.39, 0.29) is 30.2 Å². The number of carbonyl (C=O) groups is 1. The van der Waals surface area contributed by atoms with Crippen LogP contribution in [0, 0.1) is 5.82 Å². The van der Waals surface area contributed by atoms with E-state index >= 15 is 0 Å². The van der Waals surface area contributed by atoms with Gasteiger partial charge in [-0.2, -0.15) is 0 Å². The third-order valence-electron chi connectivity index (χ3n) is 2.99. The second kappa shape index (κ2) is 5.27. The molecule has 0 radical (unpaired) electrons. The summed E-state index contributed by atoms with van der Waals surface area (Å²) in [4.78, 5) is 12.0. The highest BCUT2D eigenvalue weighted by Crippen LogP contribution is 2.24. The van der Waals surface area contributed by atoms with Crippen LogP contribution >= 0.6 is 15.9 Å². The van der Waals surface area contributed by atoms with Crippen LogP contribution in [0.1, 0.15) is 25.3 Å². The summed E-state index contributed by atoms with van der Waals surface area (Å²) < 4.78 is 19.2. The molecule has 0 N–H and O–H groups in total. The van der Waals surface area contributed by atoms with Gasteiger partial charge in [0.1, 0.15) is 11.9 Å². The summed E-state index contributed by atoms with van der Waals surface area (Å²) in [6.45, 7) is 1.96. The number of carbonyl (C=O) groups excluding carboxylic acids is 1. The van der Waals surface area contributed by atoms with Crippen LogP contribution in [0.25, 0.3) is 0 Å². The molecule has 1 heterocycles. The summed E-state index contributed by atoms with van der Waals surface area (Å²) in [5.41, 5.74) is 0.679. The maximum atomic E-state index is 13.3. The molecule has 1 aliphatic rings. The average molecular weight is 301 g/mol. The molecule has 0 saturated carbocycles. The number of ether oxygens (including phenoxy) is 1. The zero-order valence-electron chi connectivity index (χ0n) is 9.58. The zero-order chi connectivity index (χ0) is 12.4. The normalized spacial score (nSPS) is 23.9. The van der Waals surface area contributed by atoms with Crippen molar-refractivity contribution >= 4 is 21.7 Å². The lowest BCUT2D eigenvalue weighted by molar-refractivity contribution is -0.128. The van der Waals surface area contributed by atoms with E-state index in [1.165, 1.54) is 6.07 Å². The predicted molar refractivity (Wildman–Crippen MR) is 66.4 cm³/mol. The molecule has 1 aliphatic heterocycles. The molecular weight excluding hydrogens is 287 g/mol. The first-order valence-electron chi connectivity index (χ1n) is 5.69. The first-order chi connectivity index (χ1) is 8.08. The molecule has 2 atom stereocenters. The summed E-state index contributed by atoms with van der Waals surface area (Å²) >= 11 is 3.16. The molecule has 1 fully saturated rings. The smallest absolute Gasteiger partial charge is 0.165 e. The maximum Gasteiger partial charge on any atom is 0.165 e. The Bertz CT molecular complexity index is 433. The fourth-order valence-corrected chi connectivity index (χ4v) is 2.43. The molecule has 0 aromatic heterocycles. The topological polar surface area (TPSA) is 26.3 Å². The highest BCUT2D eigenvalue weighted by molar-refractivity contribution is 9.10. The van der Waals surface area contributed by atoms with E-state index in [0.717, 1.165) is 12.8 Å². The molecule has 0 aliphatic carbocycles.